The predicted octanol–water partition coefficient (Wildman–Crippen LogP) is 4.02. The SMILES string of the molecule is CC(=O)[C@H]1[C@H](C)CC2[C@@H]3CCC4CC(=O)CC[C@]4(C)C3[C@H](O)C[C@@]21C. The van der Waals surface area contributed by atoms with Gasteiger partial charge >= 0.3 is 0 Å². The van der Waals surface area contributed by atoms with Gasteiger partial charge in [-0.1, -0.05) is 20.8 Å². The van der Waals surface area contributed by atoms with Crippen molar-refractivity contribution in [1.29, 1.82) is 0 Å². The maximum Gasteiger partial charge on any atom is 0.133 e. The Kier molecular flexibility index (Phi) is 4.00. The van der Waals surface area contributed by atoms with E-state index in [2.05, 4.69) is 20.8 Å². The van der Waals surface area contributed by atoms with Gasteiger partial charge in [-0.3, -0.25) is 9.59 Å². The Balaban J connectivity index is 1.70. The van der Waals surface area contributed by atoms with E-state index in [1.54, 1.807) is 6.92 Å². The molecular weight excluding hydrogens is 312 g/mol. The average molecular weight is 347 g/mol. The third-order valence-electron chi connectivity index (χ3n) is 9.19. The van der Waals surface area contributed by atoms with E-state index in [4.69, 9.17) is 0 Å². The molecule has 0 heterocycles. The standard InChI is InChI=1S/C22H34O3/c1-12-9-17-16-6-5-14-10-15(24)7-8-21(14,3)20(16)18(25)11-22(17,4)19(12)13(2)23/h12,14,16-20,25H,5-11H2,1-4H3/t12-,14?,16+,17?,18-,19-,20?,21+,22+/m1/s1. The zero-order valence-corrected chi connectivity index (χ0v) is 16.3. The van der Waals surface area contributed by atoms with Gasteiger partial charge in [-0.25, -0.2) is 0 Å². The van der Waals surface area contributed by atoms with Crippen molar-refractivity contribution in [2.45, 2.75) is 78.7 Å². The molecule has 0 spiro atoms. The molecule has 1 N–H and O–H groups in total. The van der Waals surface area contributed by atoms with Gasteiger partial charge in [-0.15, -0.1) is 0 Å². The molecule has 0 radical (unpaired) electrons. The quantitative estimate of drug-likeness (QED) is 0.780. The van der Waals surface area contributed by atoms with Crippen LogP contribution in [0.4, 0.5) is 0 Å². The minimum absolute atomic E-state index is 0.0421. The van der Waals surface area contributed by atoms with Crippen molar-refractivity contribution in [1.82, 2.24) is 0 Å². The summed E-state index contributed by atoms with van der Waals surface area (Å²) in [5.74, 6) is 3.11. The van der Waals surface area contributed by atoms with Crippen LogP contribution < -0.4 is 0 Å². The van der Waals surface area contributed by atoms with Crippen molar-refractivity contribution in [2.24, 2.45) is 46.3 Å². The van der Waals surface area contributed by atoms with E-state index in [0.717, 1.165) is 38.5 Å². The summed E-state index contributed by atoms with van der Waals surface area (Å²) < 4.78 is 0. The van der Waals surface area contributed by atoms with Crippen molar-refractivity contribution < 1.29 is 14.7 Å². The monoisotopic (exact) mass is 346 g/mol. The summed E-state index contributed by atoms with van der Waals surface area (Å²) in [6, 6.07) is 0. The molecule has 0 saturated heterocycles. The van der Waals surface area contributed by atoms with Gasteiger partial charge in [0.1, 0.15) is 11.6 Å². The Bertz CT molecular complexity index is 598. The highest BCUT2D eigenvalue weighted by Gasteiger charge is 2.64. The molecule has 3 nitrogen and oxygen atoms in total. The van der Waals surface area contributed by atoms with E-state index in [-0.39, 0.29) is 22.9 Å². The van der Waals surface area contributed by atoms with Gasteiger partial charge < -0.3 is 5.11 Å². The molecule has 0 aromatic heterocycles. The summed E-state index contributed by atoms with van der Waals surface area (Å²) in [6.45, 7) is 8.63. The molecule has 140 valence electrons. The van der Waals surface area contributed by atoms with Gasteiger partial charge in [0, 0.05) is 18.8 Å². The Labute approximate surface area is 151 Å². The zero-order valence-electron chi connectivity index (χ0n) is 16.3. The molecule has 0 aromatic carbocycles. The molecule has 9 atom stereocenters. The van der Waals surface area contributed by atoms with Crippen LogP contribution in [0.3, 0.4) is 0 Å². The molecule has 3 heteroatoms. The lowest BCUT2D eigenvalue weighted by atomic mass is 9.44. The first-order chi connectivity index (χ1) is 11.7. The topological polar surface area (TPSA) is 54.4 Å². The van der Waals surface area contributed by atoms with E-state index in [1.165, 1.54) is 0 Å². The highest BCUT2D eigenvalue weighted by atomic mass is 16.3. The number of carbonyl (C=O) groups excluding carboxylic acids is 2. The Hall–Kier alpha value is -0.700. The van der Waals surface area contributed by atoms with Crippen molar-refractivity contribution in [2.75, 3.05) is 0 Å². The second-order valence-corrected chi connectivity index (χ2v) is 10.4. The van der Waals surface area contributed by atoms with Crippen LogP contribution in [-0.4, -0.2) is 22.8 Å². The van der Waals surface area contributed by atoms with Crippen molar-refractivity contribution in [3.8, 4) is 0 Å². The Morgan fingerprint density at radius 3 is 2.60 bits per heavy atom. The molecule has 0 amide bonds. The molecule has 0 aliphatic heterocycles. The van der Waals surface area contributed by atoms with Crippen LogP contribution >= 0.6 is 0 Å². The molecule has 25 heavy (non-hydrogen) atoms. The number of rotatable bonds is 1. The highest BCUT2D eigenvalue weighted by Crippen LogP contribution is 2.68. The van der Waals surface area contributed by atoms with Gasteiger partial charge in [0.05, 0.1) is 6.10 Å². The fourth-order valence-electron chi connectivity index (χ4n) is 8.40. The van der Waals surface area contributed by atoms with Crippen molar-refractivity contribution >= 4 is 11.6 Å². The van der Waals surface area contributed by atoms with Crippen LogP contribution in [0.5, 0.6) is 0 Å². The Morgan fingerprint density at radius 1 is 1.20 bits per heavy atom. The van der Waals surface area contributed by atoms with E-state index in [0.29, 0.717) is 47.6 Å². The normalized spacial score (nSPS) is 55.2. The smallest absolute Gasteiger partial charge is 0.133 e. The maximum atomic E-state index is 12.4. The molecular formula is C22H34O3. The number of hydrogen-bond acceptors (Lipinski definition) is 3. The van der Waals surface area contributed by atoms with Gasteiger partial charge in [0.15, 0.2) is 0 Å². The van der Waals surface area contributed by atoms with Crippen LogP contribution in [-0.2, 0) is 9.59 Å². The number of fused-ring (bicyclic) bond motifs is 5. The maximum absolute atomic E-state index is 12.4. The first kappa shape index (κ1) is 17.7. The van der Waals surface area contributed by atoms with E-state index in [9.17, 15) is 14.7 Å². The zero-order chi connectivity index (χ0) is 18.1. The van der Waals surface area contributed by atoms with Gasteiger partial charge in [0.2, 0.25) is 0 Å². The number of ketones is 2. The van der Waals surface area contributed by atoms with E-state index >= 15 is 0 Å². The number of hydrogen-bond donors (Lipinski definition) is 1. The third-order valence-corrected chi connectivity index (χ3v) is 9.19. The number of Topliss-reactive ketones (excluding diaryl/α,β-unsaturated/α-hetero) is 2. The minimum atomic E-state index is -0.320. The first-order valence-corrected chi connectivity index (χ1v) is 10.4. The molecule has 4 fully saturated rings. The minimum Gasteiger partial charge on any atom is -0.393 e. The Morgan fingerprint density at radius 2 is 1.92 bits per heavy atom. The van der Waals surface area contributed by atoms with Gasteiger partial charge in [-0.2, -0.15) is 0 Å². The highest BCUT2D eigenvalue weighted by molar-refractivity contribution is 5.80. The summed E-state index contributed by atoms with van der Waals surface area (Å²) in [6.07, 6.45) is 6.20. The lowest BCUT2D eigenvalue weighted by Gasteiger charge is -2.61. The number of aliphatic hydroxyl groups excluding tert-OH is 1. The molecule has 4 rings (SSSR count). The molecule has 3 unspecified atom stereocenters. The predicted molar refractivity (Wildman–Crippen MR) is 96.8 cm³/mol. The van der Waals surface area contributed by atoms with Crippen LogP contribution in [0.15, 0.2) is 0 Å². The molecule has 0 aromatic rings. The largest absolute Gasteiger partial charge is 0.393 e. The third kappa shape index (κ3) is 2.33. The summed E-state index contributed by atoms with van der Waals surface area (Å²) in [5, 5.41) is 11.3. The van der Waals surface area contributed by atoms with Gasteiger partial charge in [0.25, 0.3) is 0 Å². The fraction of sp³-hybridized carbons (Fsp3) is 0.909. The molecule has 4 aliphatic rings. The number of aliphatic hydroxyl groups is 1. The van der Waals surface area contributed by atoms with Crippen LogP contribution in [0.2, 0.25) is 0 Å². The second kappa shape index (κ2) is 5.65. The number of carbonyl (C=O) groups is 2. The lowest BCUT2D eigenvalue weighted by Crippen LogP contribution is -2.59. The summed E-state index contributed by atoms with van der Waals surface area (Å²) in [7, 11) is 0. The fourth-order valence-corrected chi connectivity index (χ4v) is 8.40. The summed E-state index contributed by atoms with van der Waals surface area (Å²) >= 11 is 0. The first-order valence-electron chi connectivity index (χ1n) is 10.4. The van der Waals surface area contributed by atoms with E-state index < -0.39 is 0 Å². The second-order valence-electron chi connectivity index (χ2n) is 10.4. The van der Waals surface area contributed by atoms with Crippen molar-refractivity contribution in [3.63, 3.8) is 0 Å². The average Bonchev–Trinajstić information content (AvgIpc) is 2.77. The molecule has 4 aliphatic carbocycles. The van der Waals surface area contributed by atoms with Crippen molar-refractivity contribution in [3.05, 3.63) is 0 Å². The van der Waals surface area contributed by atoms with Crippen LogP contribution in [0.1, 0.15) is 72.6 Å². The molecule has 0 bridgehead atoms. The summed E-state index contributed by atoms with van der Waals surface area (Å²) in [4.78, 5) is 24.4. The van der Waals surface area contributed by atoms with Crippen LogP contribution in [0, 0.1) is 46.3 Å². The molecule has 4 saturated carbocycles. The lowest BCUT2D eigenvalue weighted by molar-refractivity contribution is -0.174. The van der Waals surface area contributed by atoms with Crippen LogP contribution in [0.25, 0.3) is 0 Å². The van der Waals surface area contributed by atoms with Gasteiger partial charge in [-0.05, 0) is 79.4 Å². The van der Waals surface area contributed by atoms with E-state index in [1.807, 2.05) is 0 Å². The summed E-state index contributed by atoms with van der Waals surface area (Å²) in [5.41, 5.74) is 0.0641.